The van der Waals surface area contributed by atoms with Crippen molar-refractivity contribution in [1.29, 1.82) is 0 Å². The summed E-state index contributed by atoms with van der Waals surface area (Å²) in [6, 6.07) is 0. The second-order valence-electron chi connectivity index (χ2n) is 6.89. The van der Waals surface area contributed by atoms with E-state index in [0.717, 1.165) is 43.1 Å². The minimum atomic E-state index is -0.161. The Morgan fingerprint density at radius 1 is 1.50 bits per heavy atom. The normalized spacial score (nSPS) is 23.8. The van der Waals surface area contributed by atoms with Crippen LogP contribution < -0.4 is 5.32 Å². The zero-order chi connectivity index (χ0) is 14.8. The Balaban J connectivity index is 2.09. The molecule has 1 atom stereocenters. The third kappa shape index (κ3) is 3.29. The van der Waals surface area contributed by atoms with Crippen LogP contribution >= 0.6 is 11.3 Å². The van der Waals surface area contributed by atoms with Gasteiger partial charge in [0.15, 0.2) is 0 Å². The van der Waals surface area contributed by atoms with Crippen molar-refractivity contribution in [2.75, 3.05) is 13.1 Å². The van der Waals surface area contributed by atoms with Crippen LogP contribution in [0.1, 0.15) is 57.7 Å². The molecule has 1 aliphatic rings. The standard InChI is InChI=1S/C16H26N2OS/c1-5-16(7-6-8-17-11-16)13(19)9-14-18-12(10-20-14)15(2,3)4/h10,17H,5-9,11H2,1-4H3. The second-order valence-corrected chi connectivity index (χ2v) is 7.83. The molecule has 0 spiro atoms. The molecule has 4 heteroatoms. The highest BCUT2D eigenvalue weighted by Crippen LogP contribution is 2.33. The number of hydrogen-bond acceptors (Lipinski definition) is 4. The number of nitrogens with one attached hydrogen (secondary N) is 1. The van der Waals surface area contributed by atoms with Crippen LogP contribution in [0.3, 0.4) is 0 Å². The minimum Gasteiger partial charge on any atom is -0.316 e. The highest BCUT2D eigenvalue weighted by Gasteiger charge is 2.37. The number of carbonyl (C=O) groups excluding carboxylic acids is 1. The fourth-order valence-corrected chi connectivity index (χ4v) is 3.79. The van der Waals surface area contributed by atoms with Crippen molar-refractivity contribution in [3.05, 3.63) is 16.1 Å². The number of thiazole rings is 1. The van der Waals surface area contributed by atoms with Crippen LogP contribution in [0.4, 0.5) is 0 Å². The monoisotopic (exact) mass is 294 g/mol. The van der Waals surface area contributed by atoms with Gasteiger partial charge in [-0.3, -0.25) is 4.79 Å². The first-order valence-corrected chi connectivity index (χ1v) is 8.44. The van der Waals surface area contributed by atoms with Gasteiger partial charge in [0.2, 0.25) is 0 Å². The van der Waals surface area contributed by atoms with E-state index in [2.05, 4.69) is 43.4 Å². The topological polar surface area (TPSA) is 42.0 Å². The highest BCUT2D eigenvalue weighted by molar-refractivity contribution is 7.09. The summed E-state index contributed by atoms with van der Waals surface area (Å²) >= 11 is 1.63. The summed E-state index contributed by atoms with van der Waals surface area (Å²) in [7, 11) is 0. The first-order chi connectivity index (χ1) is 9.37. The van der Waals surface area contributed by atoms with Crippen LogP contribution in [0.2, 0.25) is 0 Å². The number of rotatable bonds is 4. The molecule has 1 N–H and O–H groups in total. The van der Waals surface area contributed by atoms with Crippen LogP contribution in [0.25, 0.3) is 0 Å². The summed E-state index contributed by atoms with van der Waals surface area (Å²) in [6.45, 7) is 10.5. The predicted octanol–water partition coefficient (Wildman–Crippen LogP) is 3.33. The number of nitrogens with zero attached hydrogens (tertiary/aromatic N) is 1. The maximum atomic E-state index is 12.7. The average molecular weight is 294 g/mol. The summed E-state index contributed by atoms with van der Waals surface area (Å²) in [5.74, 6) is 0.363. The van der Waals surface area contributed by atoms with Crippen molar-refractivity contribution in [2.24, 2.45) is 5.41 Å². The molecule has 1 aromatic rings. The molecule has 1 unspecified atom stereocenters. The molecule has 0 amide bonds. The summed E-state index contributed by atoms with van der Waals surface area (Å²) < 4.78 is 0. The number of ketones is 1. The van der Waals surface area contributed by atoms with Crippen molar-refractivity contribution >= 4 is 17.1 Å². The maximum absolute atomic E-state index is 12.7. The van der Waals surface area contributed by atoms with Crippen LogP contribution in [0, 0.1) is 5.41 Å². The Labute approximate surface area is 126 Å². The molecule has 0 radical (unpaired) electrons. The molecular formula is C16H26N2OS. The zero-order valence-electron chi connectivity index (χ0n) is 13.1. The average Bonchev–Trinajstić information content (AvgIpc) is 2.88. The van der Waals surface area contributed by atoms with Crippen molar-refractivity contribution < 1.29 is 4.79 Å². The molecule has 3 nitrogen and oxygen atoms in total. The smallest absolute Gasteiger partial charge is 0.147 e. The van der Waals surface area contributed by atoms with Gasteiger partial charge < -0.3 is 5.32 Å². The fraction of sp³-hybridized carbons (Fsp3) is 0.750. The van der Waals surface area contributed by atoms with E-state index in [1.807, 2.05) is 0 Å². The molecule has 1 aliphatic heterocycles. The molecule has 0 aromatic carbocycles. The van der Waals surface area contributed by atoms with Crippen LogP contribution in [-0.2, 0) is 16.6 Å². The van der Waals surface area contributed by atoms with E-state index in [-0.39, 0.29) is 10.8 Å². The van der Waals surface area contributed by atoms with Crippen LogP contribution in [0.15, 0.2) is 5.38 Å². The quantitative estimate of drug-likeness (QED) is 0.926. The van der Waals surface area contributed by atoms with Crippen LogP contribution in [-0.4, -0.2) is 23.9 Å². The zero-order valence-corrected chi connectivity index (χ0v) is 13.9. The lowest BCUT2D eigenvalue weighted by molar-refractivity contribution is -0.129. The summed E-state index contributed by atoms with van der Waals surface area (Å²) in [5.41, 5.74) is 0.996. The minimum absolute atomic E-state index is 0.0621. The summed E-state index contributed by atoms with van der Waals surface area (Å²) in [6.07, 6.45) is 3.55. The number of hydrogen-bond donors (Lipinski definition) is 1. The summed E-state index contributed by atoms with van der Waals surface area (Å²) in [5, 5.41) is 6.45. The molecule has 112 valence electrons. The van der Waals surface area contributed by atoms with Gasteiger partial charge in [0, 0.05) is 22.8 Å². The number of Topliss-reactive ketones (excluding diaryl/α,β-unsaturated/α-hetero) is 1. The van der Waals surface area contributed by atoms with Crippen molar-refractivity contribution in [1.82, 2.24) is 10.3 Å². The van der Waals surface area contributed by atoms with Gasteiger partial charge in [-0.1, -0.05) is 27.7 Å². The fourth-order valence-electron chi connectivity index (χ4n) is 2.77. The third-order valence-corrected chi connectivity index (χ3v) is 5.22. The maximum Gasteiger partial charge on any atom is 0.147 e. The van der Waals surface area contributed by atoms with E-state index in [4.69, 9.17) is 0 Å². The Kier molecular flexibility index (Phi) is 4.65. The predicted molar refractivity (Wildman–Crippen MR) is 84.4 cm³/mol. The molecule has 1 saturated heterocycles. The lowest BCUT2D eigenvalue weighted by atomic mass is 9.74. The molecule has 1 fully saturated rings. The molecule has 2 rings (SSSR count). The van der Waals surface area contributed by atoms with E-state index in [9.17, 15) is 4.79 Å². The van der Waals surface area contributed by atoms with Gasteiger partial charge in [-0.25, -0.2) is 4.98 Å². The number of piperidine rings is 1. The van der Waals surface area contributed by atoms with E-state index in [1.165, 1.54) is 0 Å². The molecule has 1 aromatic heterocycles. The van der Waals surface area contributed by atoms with Gasteiger partial charge in [0.05, 0.1) is 12.1 Å². The number of carbonyl (C=O) groups is 1. The Bertz CT molecular complexity index is 467. The van der Waals surface area contributed by atoms with Crippen molar-refractivity contribution in [3.63, 3.8) is 0 Å². The first kappa shape index (κ1) is 15.6. The van der Waals surface area contributed by atoms with E-state index in [1.54, 1.807) is 11.3 Å². The summed E-state index contributed by atoms with van der Waals surface area (Å²) in [4.78, 5) is 17.4. The van der Waals surface area contributed by atoms with Gasteiger partial charge in [-0.05, 0) is 25.8 Å². The molecule has 20 heavy (non-hydrogen) atoms. The Morgan fingerprint density at radius 2 is 2.25 bits per heavy atom. The lowest BCUT2D eigenvalue weighted by Crippen LogP contribution is -2.45. The van der Waals surface area contributed by atoms with Crippen LogP contribution in [0.5, 0.6) is 0 Å². The SMILES string of the molecule is CCC1(C(=O)Cc2nc(C(C)(C)C)cs2)CCCNC1. The molecule has 0 aliphatic carbocycles. The van der Waals surface area contributed by atoms with Gasteiger partial charge in [-0.15, -0.1) is 11.3 Å². The van der Waals surface area contributed by atoms with Gasteiger partial charge in [0.1, 0.15) is 10.8 Å². The van der Waals surface area contributed by atoms with E-state index >= 15 is 0 Å². The van der Waals surface area contributed by atoms with Gasteiger partial charge in [0.25, 0.3) is 0 Å². The third-order valence-electron chi connectivity index (χ3n) is 4.37. The Hall–Kier alpha value is -0.740. The van der Waals surface area contributed by atoms with Crippen molar-refractivity contribution in [2.45, 2.75) is 58.8 Å². The van der Waals surface area contributed by atoms with E-state index < -0.39 is 0 Å². The van der Waals surface area contributed by atoms with Gasteiger partial charge in [-0.2, -0.15) is 0 Å². The van der Waals surface area contributed by atoms with E-state index in [0.29, 0.717) is 12.2 Å². The second kappa shape index (κ2) is 5.94. The molecule has 2 heterocycles. The highest BCUT2D eigenvalue weighted by atomic mass is 32.1. The van der Waals surface area contributed by atoms with Crippen molar-refractivity contribution in [3.8, 4) is 0 Å². The Morgan fingerprint density at radius 3 is 2.75 bits per heavy atom. The van der Waals surface area contributed by atoms with Gasteiger partial charge >= 0.3 is 0 Å². The molecule has 0 saturated carbocycles. The number of aromatic nitrogens is 1. The molecular weight excluding hydrogens is 268 g/mol. The first-order valence-electron chi connectivity index (χ1n) is 7.56. The lowest BCUT2D eigenvalue weighted by Gasteiger charge is -2.35. The largest absolute Gasteiger partial charge is 0.316 e. The molecule has 0 bridgehead atoms.